The van der Waals surface area contributed by atoms with Crippen molar-refractivity contribution in [2.75, 3.05) is 16.8 Å². The molecule has 0 saturated carbocycles. The van der Waals surface area contributed by atoms with Gasteiger partial charge in [0.05, 0.1) is 0 Å². The average molecular weight is 278 g/mol. The summed E-state index contributed by atoms with van der Waals surface area (Å²) in [5, 5.41) is 3.00. The summed E-state index contributed by atoms with van der Waals surface area (Å²) < 4.78 is 0. The first-order valence-corrected chi connectivity index (χ1v) is 6.64. The van der Waals surface area contributed by atoms with Gasteiger partial charge in [0.25, 0.3) is 0 Å². The SMILES string of the molecule is O=C(Nc1ncnc(Cl)c1Cl)C1CCSC1. The van der Waals surface area contributed by atoms with Gasteiger partial charge in [-0.25, -0.2) is 9.97 Å². The predicted octanol–water partition coefficient (Wildman–Crippen LogP) is 2.48. The molecule has 1 fully saturated rings. The standard InChI is InChI=1S/C9H9Cl2N3OS/c10-6-7(11)12-4-13-8(6)14-9(15)5-1-2-16-3-5/h4-5H,1-3H2,(H,12,13,14,15). The van der Waals surface area contributed by atoms with Crippen molar-refractivity contribution in [1.82, 2.24) is 9.97 Å². The Morgan fingerprint density at radius 1 is 1.50 bits per heavy atom. The third kappa shape index (κ3) is 2.59. The van der Waals surface area contributed by atoms with E-state index >= 15 is 0 Å². The third-order valence-corrected chi connectivity index (χ3v) is 4.19. The molecule has 1 aliphatic heterocycles. The highest BCUT2D eigenvalue weighted by molar-refractivity contribution is 7.99. The molecule has 0 aliphatic carbocycles. The summed E-state index contributed by atoms with van der Waals surface area (Å²) in [5.41, 5.74) is 0. The number of thioether (sulfide) groups is 1. The van der Waals surface area contributed by atoms with E-state index in [1.54, 1.807) is 11.8 Å². The lowest BCUT2D eigenvalue weighted by atomic mass is 10.1. The Morgan fingerprint density at radius 2 is 2.31 bits per heavy atom. The zero-order chi connectivity index (χ0) is 11.5. The monoisotopic (exact) mass is 277 g/mol. The molecule has 0 bridgehead atoms. The van der Waals surface area contributed by atoms with E-state index in [1.165, 1.54) is 6.33 Å². The molecule has 1 amide bonds. The van der Waals surface area contributed by atoms with Crippen molar-refractivity contribution in [1.29, 1.82) is 0 Å². The van der Waals surface area contributed by atoms with Gasteiger partial charge in [-0.3, -0.25) is 4.79 Å². The predicted molar refractivity (Wildman–Crippen MR) is 66.1 cm³/mol. The zero-order valence-electron chi connectivity index (χ0n) is 8.24. The first-order chi connectivity index (χ1) is 7.68. The Kier molecular flexibility index (Phi) is 3.89. The van der Waals surface area contributed by atoms with Crippen molar-refractivity contribution in [3.05, 3.63) is 16.5 Å². The van der Waals surface area contributed by atoms with E-state index in [0.29, 0.717) is 0 Å². The van der Waals surface area contributed by atoms with E-state index in [0.717, 1.165) is 17.9 Å². The molecule has 1 unspecified atom stereocenters. The van der Waals surface area contributed by atoms with Crippen molar-refractivity contribution in [3.63, 3.8) is 0 Å². The van der Waals surface area contributed by atoms with Crippen LogP contribution in [-0.4, -0.2) is 27.4 Å². The van der Waals surface area contributed by atoms with Gasteiger partial charge >= 0.3 is 0 Å². The highest BCUT2D eigenvalue weighted by Gasteiger charge is 2.24. The normalized spacial score (nSPS) is 19.8. The molecule has 1 saturated heterocycles. The van der Waals surface area contributed by atoms with Crippen LogP contribution in [0.3, 0.4) is 0 Å². The Labute approximate surface area is 107 Å². The van der Waals surface area contributed by atoms with Crippen LogP contribution in [0.5, 0.6) is 0 Å². The summed E-state index contributed by atoms with van der Waals surface area (Å²) in [6, 6.07) is 0. The minimum absolute atomic E-state index is 0.0369. The minimum atomic E-state index is -0.0540. The second-order valence-corrected chi connectivity index (χ2v) is 5.26. The van der Waals surface area contributed by atoms with Crippen LogP contribution in [0.25, 0.3) is 0 Å². The number of anilines is 1. The molecule has 7 heteroatoms. The van der Waals surface area contributed by atoms with Crippen LogP contribution in [0.2, 0.25) is 10.2 Å². The molecule has 2 rings (SSSR count). The van der Waals surface area contributed by atoms with Gasteiger partial charge in [0.2, 0.25) is 5.91 Å². The molecule has 1 aromatic rings. The maximum Gasteiger partial charge on any atom is 0.229 e. The first-order valence-electron chi connectivity index (χ1n) is 4.73. The van der Waals surface area contributed by atoms with Gasteiger partial charge in [-0.15, -0.1) is 0 Å². The summed E-state index contributed by atoms with van der Waals surface area (Å²) in [6.07, 6.45) is 2.17. The second kappa shape index (κ2) is 5.21. The fourth-order valence-corrected chi connectivity index (χ4v) is 2.89. The first kappa shape index (κ1) is 12.0. The third-order valence-electron chi connectivity index (χ3n) is 2.29. The maximum absolute atomic E-state index is 11.8. The van der Waals surface area contributed by atoms with E-state index in [4.69, 9.17) is 23.2 Å². The van der Waals surface area contributed by atoms with Crippen LogP contribution in [0.15, 0.2) is 6.33 Å². The Morgan fingerprint density at radius 3 is 3.00 bits per heavy atom. The number of rotatable bonds is 2. The summed E-state index contributed by atoms with van der Waals surface area (Å²) in [4.78, 5) is 19.4. The molecule has 0 aromatic carbocycles. The largest absolute Gasteiger partial charge is 0.309 e. The lowest BCUT2D eigenvalue weighted by Crippen LogP contribution is -2.23. The molecule has 0 radical (unpaired) electrons. The van der Waals surface area contributed by atoms with E-state index < -0.39 is 0 Å². The van der Waals surface area contributed by atoms with Gasteiger partial charge < -0.3 is 5.32 Å². The van der Waals surface area contributed by atoms with Gasteiger partial charge in [0.1, 0.15) is 11.3 Å². The molecule has 0 spiro atoms. The molecule has 1 N–H and O–H groups in total. The van der Waals surface area contributed by atoms with E-state index in [1.807, 2.05) is 0 Å². The average Bonchev–Trinajstić information content (AvgIpc) is 2.78. The fourth-order valence-electron chi connectivity index (χ4n) is 1.40. The highest BCUT2D eigenvalue weighted by atomic mass is 35.5. The molecule has 1 aromatic heterocycles. The van der Waals surface area contributed by atoms with Crippen LogP contribution >= 0.6 is 35.0 Å². The number of carbonyl (C=O) groups is 1. The quantitative estimate of drug-likeness (QED) is 0.844. The van der Waals surface area contributed by atoms with Gasteiger partial charge in [-0.05, 0) is 12.2 Å². The van der Waals surface area contributed by atoms with Gasteiger partial charge in [-0.1, -0.05) is 23.2 Å². The van der Waals surface area contributed by atoms with E-state index in [-0.39, 0.29) is 27.8 Å². The maximum atomic E-state index is 11.8. The van der Waals surface area contributed by atoms with Crippen LogP contribution in [0.1, 0.15) is 6.42 Å². The van der Waals surface area contributed by atoms with Crippen molar-refractivity contribution in [2.24, 2.45) is 5.92 Å². The van der Waals surface area contributed by atoms with Gasteiger partial charge in [0.15, 0.2) is 11.0 Å². The van der Waals surface area contributed by atoms with Crippen molar-refractivity contribution in [3.8, 4) is 0 Å². The van der Waals surface area contributed by atoms with Gasteiger partial charge in [0, 0.05) is 11.7 Å². The summed E-state index contributed by atoms with van der Waals surface area (Å²) in [5.74, 6) is 2.14. The number of nitrogens with one attached hydrogen (secondary N) is 1. The molecule has 86 valence electrons. The molecule has 1 aliphatic rings. The number of amides is 1. The highest BCUT2D eigenvalue weighted by Crippen LogP contribution is 2.28. The van der Waals surface area contributed by atoms with E-state index in [9.17, 15) is 4.79 Å². The van der Waals surface area contributed by atoms with Crippen LogP contribution < -0.4 is 5.32 Å². The van der Waals surface area contributed by atoms with Crippen LogP contribution in [0, 0.1) is 5.92 Å². The summed E-state index contributed by atoms with van der Waals surface area (Å²) in [7, 11) is 0. The van der Waals surface area contributed by atoms with Gasteiger partial charge in [-0.2, -0.15) is 11.8 Å². The number of hydrogen-bond acceptors (Lipinski definition) is 4. The Hall–Kier alpha value is -0.520. The molecule has 2 heterocycles. The van der Waals surface area contributed by atoms with Crippen molar-refractivity contribution in [2.45, 2.75) is 6.42 Å². The van der Waals surface area contributed by atoms with Crippen molar-refractivity contribution >= 4 is 46.7 Å². The minimum Gasteiger partial charge on any atom is -0.309 e. The molecule has 1 atom stereocenters. The van der Waals surface area contributed by atoms with Crippen LogP contribution in [0.4, 0.5) is 5.82 Å². The molecular formula is C9H9Cl2N3OS. The second-order valence-electron chi connectivity index (χ2n) is 3.38. The number of aromatic nitrogens is 2. The van der Waals surface area contributed by atoms with E-state index in [2.05, 4.69) is 15.3 Å². The summed E-state index contributed by atoms with van der Waals surface area (Å²) >= 11 is 13.4. The van der Waals surface area contributed by atoms with Crippen molar-refractivity contribution < 1.29 is 4.79 Å². The zero-order valence-corrected chi connectivity index (χ0v) is 10.6. The topological polar surface area (TPSA) is 54.9 Å². The molecular weight excluding hydrogens is 269 g/mol. The Bertz CT molecular complexity index is 410. The fraction of sp³-hybridized carbons (Fsp3) is 0.444. The number of halogens is 2. The number of nitrogens with zero attached hydrogens (tertiary/aromatic N) is 2. The molecule has 16 heavy (non-hydrogen) atoms. The number of hydrogen-bond donors (Lipinski definition) is 1. The Balaban J connectivity index is 2.08. The smallest absolute Gasteiger partial charge is 0.229 e. The lowest BCUT2D eigenvalue weighted by Gasteiger charge is -2.10. The molecule has 4 nitrogen and oxygen atoms in total. The number of carbonyl (C=O) groups excluding carboxylic acids is 1. The lowest BCUT2D eigenvalue weighted by molar-refractivity contribution is -0.119. The summed E-state index contributed by atoms with van der Waals surface area (Å²) in [6.45, 7) is 0. The van der Waals surface area contributed by atoms with Crippen LogP contribution in [-0.2, 0) is 4.79 Å².